The third kappa shape index (κ3) is 3.77. The van der Waals surface area contributed by atoms with Gasteiger partial charge in [-0.1, -0.05) is 48.0 Å². The first-order valence-electron chi connectivity index (χ1n) is 7.95. The highest BCUT2D eigenvalue weighted by atomic mass is 35.5. The number of hydrogen-bond donors (Lipinski definition) is 2. The Balaban J connectivity index is 1.58. The number of aliphatic hydroxyl groups is 1. The second kappa shape index (κ2) is 6.91. The lowest BCUT2D eigenvalue weighted by Crippen LogP contribution is -2.36. The van der Waals surface area contributed by atoms with Gasteiger partial charge in [0.1, 0.15) is 5.82 Å². The van der Waals surface area contributed by atoms with Crippen LogP contribution in [0.2, 0.25) is 5.02 Å². The minimum absolute atomic E-state index is 0.00906. The van der Waals surface area contributed by atoms with Crippen LogP contribution in [0.4, 0.5) is 4.39 Å². The molecule has 1 unspecified atom stereocenters. The first-order valence-corrected chi connectivity index (χ1v) is 8.33. The molecule has 1 aliphatic carbocycles. The molecule has 24 heavy (non-hydrogen) atoms. The maximum atomic E-state index is 13.4. The summed E-state index contributed by atoms with van der Waals surface area (Å²) < 4.78 is 13.4. The molecule has 5 heteroatoms. The number of carbonyl (C=O) groups excluding carboxylic acids is 1. The molecule has 0 bridgehead atoms. The van der Waals surface area contributed by atoms with E-state index in [-0.39, 0.29) is 22.9 Å². The molecular formula is C19H19ClFNO2. The van der Waals surface area contributed by atoms with Crippen LogP contribution in [0, 0.1) is 11.2 Å². The molecule has 126 valence electrons. The van der Waals surface area contributed by atoms with Crippen LogP contribution in [0.5, 0.6) is 0 Å². The smallest absolute Gasteiger partial charge is 0.226 e. The predicted molar refractivity (Wildman–Crippen MR) is 91.2 cm³/mol. The van der Waals surface area contributed by atoms with Crippen molar-refractivity contribution in [1.29, 1.82) is 0 Å². The van der Waals surface area contributed by atoms with E-state index in [9.17, 15) is 14.3 Å². The van der Waals surface area contributed by atoms with Crippen molar-refractivity contribution in [3.63, 3.8) is 0 Å². The molecule has 0 saturated heterocycles. The highest BCUT2D eigenvalue weighted by Gasteiger charge is 2.49. The standard InChI is InChI=1S/C19H19ClFNO2/c20-15-7-6-14(10-16(15)21)17(23)12-22-18(24)19(8-9-19)11-13-4-2-1-3-5-13/h1-7,10,17,23H,8-9,11-12H2,(H,22,24). The van der Waals surface area contributed by atoms with Gasteiger partial charge in [0.05, 0.1) is 16.5 Å². The number of amides is 1. The van der Waals surface area contributed by atoms with Crippen LogP contribution >= 0.6 is 11.6 Å². The average molecular weight is 348 g/mol. The van der Waals surface area contributed by atoms with Crippen LogP contribution in [-0.4, -0.2) is 17.6 Å². The van der Waals surface area contributed by atoms with Crippen molar-refractivity contribution in [3.05, 3.63) is 70.5 Å². The molecule has 3 nitrogen and oxygen atoms in total. The van der Waals surface area contributed by atoms with Gasteiger partial charge in [-0.25, -0.2) is 4.39 Å². The molecule has 1 saturated carbocycles. The van der Waals surface area contributed by atoms with Crippen molar-refractivity contribution in [2.75, 3.05) is 6.54 Å². The third-order valence-electron chi connectivity index (χ3n) is 4.50. The van der Waals surface area contributed by atoms with Crippen molar-refractivity contribution >= 4 is 17.5 Å². The lowest BCUT2D eigenvalue weighted by molar-refractivity contribution is -0.126. The van der Waals surface area contributed by atoms with Crippen LogP contribution in [0.25, 0.3) is 0 Å². The van der Waals surface area contributed by atoms with Crippen molar-refractivity contribution in [2.24, 2.45) is 5.41 Å². The predicted octanol–water partition coefficient (Wildman–Crippen LogP) is 3.65. The largest absolute Gasteiger partial charge is 0.387 e. The van der Waals surface area contributed by atoms with Gasteiger partial charge in [-0.05, 0) is 42.5 Å². The van der Waals surface area contributed by atoms with Gasteiger partial charge in [0, 0.05) is 6.54 Å². The normalized spacial score (nSPS) is 16.5. The van der Waals surface area contributed by atoms with Gasteiger partial charge in [-0.15, -0.1) is 0 Å². The molecule has 1 aliphatic rings. The van der Waals surface area contributed by atoms with E-state index in [1.165, 1.54) is 12.1 Å². The van der Waals surface area contributed by atoms with Gasteiger partial charge in [-0.3, -0.25) is 4.79 Å². The third-order valence-corrected chi connectivity index (χ3v) is 4.81. The second-order valence-corrected chi connectivity index (χ2v) is 6.75. The molecule has 0 aliphatic heterocycles. The molecule has 2 N–H and O–H groups in total. The van der Waals surface area contributed by atoms with Gasteiger partial charge < -0.3 is 10.4 Å². The van der Waals surface area contributed by atoms with E-state index >= 15 is 0 Å². The summed E-state index contributed by atoms with van der Waals surface area (Å²) in [6.07, 6.45) is 1.43. The zero-order chi connectivity index (χ0) is 17.2. The summed E-state index contributed by atoms with van der Waals surface area (Å²) in [7, 11) is 0. The summed E-state index contributed by atoms with van der Waals surface area (Å²) >= 11 is 5.63. The van der Waals surface area contributed by atoms with E-state index in [2.05, 4.69) is 5.32 Å². The molecular weight excluding hydrogens is 329 g/mol. The molecule has 1 amide bonds. The summed E-state index contributed by atoms with van der Waals surface area (Å²) in [5.74, 6) is -0.637. The van der Waals surface area contributed by atoms with Crippen molar-refractivity contribution in [2.45, 2.75) is 25.4 Å². The van der Waals surface area contributed by atoms with E-state index in [0.717, 1.165) is 18.4 Å². The zero-order valence-corrected chi connectivity index (χ0v) is 13.9. The molecule has 3 rings (SSSR count). The van der Waals surface area contributed by atoms with E-state index in [0.29, 0.717) is 12.0 Å². The number of benzene rings is 2. The number of nitrogens with one attached hydrogen (secondary N) is 1. The second-order valence-electron chi connectivity index (χ2n) is 6.34. The van der Waals surface area contributed by atoms with Crippen molar-refractivity contribution in [1.82, 2.24) is 5.32 Å². The lowest BCUT2D eigenvalue weighted by atomic mass is 9.95. The summed E-state index contributed by atoms with van der Waals surface area (Å²) in [4.78, 5) is 12.5. The fourth-order valence-electron chi connectivity index (χ4n) is 2.84. The Hall–Kier alpha value is -1.91. The van der Waals surface area contributed by atoms with Crippen LogP contribution in [0.1, 0.15) is 30.1 Å². The van der Waals surface area contributed by atoms with E-state index in [4.69, 9.17) is 11.6 Å². The van der Waals surface area contributed by atoms with Gasteiger partial charge >= 0.3 is 0 Å². The molecule has 0 radical (unpaired) electrons. The molecule has 2 aromatic carbocycles. The van der Waals surface area contributed by atoms with Crippen LogP contribution in [-0.2, 0) is 11.2 Å². The quantitative estimate of drug-likeness (QED) is 0.838. The topological polar surface area (TPSA) is 49.3 Å². The summed E-state index contributed by atoms with van der Waals surface area (Å²) in [5, 5.41) is 12.9. The number of halogens is 2. The Morgan fingerprint density at radius 1 is 1.25 bits per heavy atom. The summed E-state index contributed by atoms with van der Waals surface area (Å²) in [6, 6.07) is 14.0. The monoisotopic (exact) mass is 347 g/mol. The van der Waals surface area contributed by atoms with Crippen LogP contribution < -0.4 is 5.32 Å². The van der Waals surface area contributed by atoms with Crippen molar-refractivity contribution in [3.8, 4) is 0 Å². The summed E-state index contributed by atoms with van der Waals surface area (Å²) in [5.41, 5.74) is 1.15. The van der Waals surface area contributed by atoms with E-state index in [1.807, 2.05) is 30.3 Å². The Bertz CT molecular complexity index is 731. The van der Waals surface area contributed by atoms with E-state index in [1.54, 1.807) is 6.07 Å². The van der Waals surface area contributed by atoms with E-state index < -0.39 is 11.9 Å². The number of rotatable bonds is 6. The molecule has 0 aromatic heterocycles. The number of carbonyl (C=O) groups is 1. The lowest BCUT2D eigenvalue weighted by Gasteiger charge is -2.18. The molecule has 1 fully saturated rings. The number of aliphatic hydroxyl groups excluding tert-OH is 1. The Kier molecular flexibility index (Phi) is 4.88. The fourth-order valence-corrected chi connectivity index (χ4v) is 2.95. The first-order chi connectivity index (χ1) is 11.5. The van der Waals surface area contributed by atoms with Crippen LogP contribution in [0.3, 0.4) is 0 Å². The molecule has 0 spiro atoms. The maximum Gasteiger partial charge on any atom is 0.226 e. The molecule has 2 aromatic rings. The van der Waals surface area contributed by atoms with Gasteiger partial charge in [0.15, 0.2) is 0 Å². The fraction of sp³-hybridized carbons (Fsp3) is 0.316. The molecule has 0 heterocycles. The van der Waals surface area contributed by atoms with Gasteiger partial charge in [-0.2, -0.15) is 0 Å². The Morgan fingerprint density at radius 3 is 2.58 bits per heavy atom. The zero-order valence-electron chi connectivity index (χ0n) is 13.1. The minimum atomic E-state index is -0.965. The highest BCUT2D eigenvalue weighted by Crippen LogP contribution is 2.48. The van der Waals surface area contributed by atoms with Gasteiger partial charge in [0.2, 0.25) is 5.91 Å². The Labute approximate surface area is 145 Å². The SMILES string of the molecule is O=C(NCC(O)c1ccc(Cl)c(F)c1)C1(Cc2ccccc2)CC1. The van der Waals surface area contributed by atoms with Crippen molar-refractivity contribution < 1.29 is 14.3 Å². The average Bonchev–Trinajstić information content (AvgIpc) is 3.36. The maximum absolute atomic E-state index is 13.4. The highest BCUT2D eigenvalue weighted by molar-refractivity contribution is 6.30. The summed E-state index contributed by atoms with van der Waals surface area (Å²) in [6.45, 7) is 0.0520. The molecule has 1 atom stereocenters. The number of hydrogen-bond acceptors (Lipinski definition) is 2. The van der Waals surface area contributed by atoms with Gasteiger partial charge in [0.25, 0.3) is 0 Å². The minimum Gasteiger partial charge on any atom is -0.387 e. The first kappa shape index (κ1) is 16.9. The van der Waals surface area contributed by atoms with Crippen LogP contribution in [0.15, 0.2) is 48.5 Å². The Morgan fingerprint density at radius 2 is 1.96 bits per heavy atom.